The van der Waals surface area contributed by atoms with Gasteiger partial charge < -0.3 is 9.47 Å². The van der Waals surface area contributed by atoms with Gasteiger partial charge >= 0.3 is 0 Å². The van der Waals surface area contributed by atoms with Gasteiger partial charge in [0, 0.05) is 6.21 Å². The summed E-state index contributed by atoms with van der Waals surface area (Å²) in [7, 11) is 1.55. The molecule has 3 nitrogen and oxygen atoms in total. The predicted molar refractivity (Wildman–Crippen MR) is 112 cm³/mol. The van der Waals surface area contributed by atoms with E-state index in [1.165, 1.54) is 17.7 Å². The molecule has 0 aliphatic rings. The first-order valence-electron chi connectivity index (χ1n) is 8.97. The molecule has 0 fully saturated rings. The molecule has 5 heteroatoms. The van der Waals surface area contributed by atoms with Crippen molar-refractivity contribution in [1.82, 2.24) is 0 Å². The fraction of sp³-hybridized carbons (Fsp3) is 0.174. The van der Waals surface area contributed by atoms with Crippen LogP contribution in [0.2, 0.25) is 5.02 Å². The molecule has 28 heavy (non-hydrogen) atoms. The summed E-state index contributed by atoms with van der Waals surface area (Å²) >= 11 is 6.39. The quantitative estimate of drug-likeness (QED) is 0.433. The van der Waals surface area contributed by atoms with E-state index in [0.717, 1.165) is 17.7 Å². The monoisotopic (exact) mass is 397 g/mol. The second-order valence-corrected chi connectivity index (χ2v) is 6.64. The summed E-state index contributed by atoms with van der Waals surface area (Å²) in [5.41, 5.74) is 3.63. The van der Waals surface area contributed by atoms with Crippen molar-refractivity contribution in [3.8, 4) is 11.5 Å². The van der Waals surface area contributed by atoms with Crippen LogP contribution >= 0.6 is 11.6 Å². The number of nitrogens with zero attached hydrogens (tertiary/aromatic N) is 1. The van der Waals surface area contributed by atoms with E-state index < -0.39 is 0 Å². The average molecular weight is 398 g/mol. The van der Waals surface area contributed by atoms with E-state index in [-0.39, 0.29) is 12.4 Å². The fourth-order valence-corrected chi connectivity index (χ4v) is 2.98. The maximum atomic E-state index is 13.3. The van der Waals surface area contributed by atoms with Crippen LogP contribution in [0.1, 0.15) is 23.6 Å². The number of aryl methyl sites for hydroxylation is 1. The molecule has 0 heterocycles. The van der Waals surface area contributed by atoms with Crippen molar-refractivity contribution in [3.63, 3.8) is 0 Å². The maximum absolute atomic E-state index is 13.3. The summed E-state index contributed by atoms with van der Waals surface area (Å²) < 4.78 is 24.5. The molecule has 0 saturated carbocycles. The second kappa shape index (κ2) is 9.38. The van der Waals surface area contributed by atoms with Crippen LogP contribution in [0.5, 0.6) is 11.5 Å². The lowest BCUT2D eigenvalue weighted by atomic mass is 10.1. The van der Waals surface area contributed by atoms with Gasteiger partial charge in [-0.1, -0.05) is 42.8 Å². The van der Waals surface area contributed by atoms with Gasteiger partial charge in [-0.15, -0.1) is 0 Å². The molecule has 0 atom stereocenters. The predicted octanol–water partition coefficient (Wildman–Crippen LogP) is 6.38. The lowest BCUT2D eigenvalue weighted by Crippen LogP contribution is -2.00. The van der Waals surface area contributed by atoms with Crippen molar-refractivity contribution < 1.29 is 13.9 Å². The van der Waals surface area contributed by atoms with E-state index in [2.05, 4.69) is 24.0 Å². The van der Waals surface area contributed by atoms with Crippen LogP contribution in [0.25, 0.3) is 0 Å². The zero-order chi connectivity index (χ0) is 19.9. The number of rotatable bonds is 7. The highest BCUT2D eigenvalue weighted by Crippen LogP contribution is 2.36. The number of methoxy groups -OCH3 is 1. The Morgan fingerprint density at radius 1 is 1.04 bits per heavy atom. The number of benzene rings is 3. The third kappa shape index (κ3) is 5.11. The molecule has 0 unspecified atom stereocenters. The molecular weight excluding hydrogens is 377 g/mol. The van der Waals surface area contributed by atoms with Gasteiger partial charge in [-0.25, -0.2) is 4.39 Å². The van der Waals surface area contributed by atoms with Crippen molar-refractivity contribution in [2.45, 2.75) is 20.0 Å². The summed E-state index contributed by atoms with van der Waals surface area (Å²) in [4.78, 5) is 4.48. The van der Waals surface area contributed by atoms with Crippen LogP contribution in [0.3, 0.4) is 0 Å². The van der Waals surface area contributed by atoms with E-state index in [1.807, 2.05) is 12.1 Å². The van der Waals surface area contributed by atoms with E-state index >= 15 is 0 Å². The average Bonchev–Trinajstić information content (AvgIpc) is 2.71. The molecule has 0 aliphatic heterocycles. The Bertz CT molecular complexity index is 971. The highest BCUT2D eigenvalue weighted by atomic mass is 35.5. The van der Waals surface area contributed by atoms with Gasteiger partial charge in [-0.05, 0) is 59.5 Å². The molecule has 0 radical (unpaired) electrons. The van der Waals surface area contributed by atoms with Crippen molar-refractivity contribution in [3.05, 3.63) is 88.2 Å². The van der Waals surface area contributed by atoms with E-state index in [9.17, 15) is 4.39 Å². The molecule has 3 aromatic rings. The van der Waals surface area contributed by atoms with Gasteiger partial charge in [0.15, 0.2) is 11.5 Å². The van der Waals surface area contributed by atoms with Crippen LogP contribution in [-0.2, 0) is 13.0 Å². The Morgan fingerprint density at radius 3 is 2.50 bits per heavy atom. The normalized spacial score (nSPS) is 11.0. The molecule has 0 amide bonds. The number of hydrogen-bond donors (Lipinski definition) is 0. The van der Waals surface area contributed by atoms with E-state index in [1.54, 1.807) is 37.6 Å². The van der Waals surface area contributed by atoms with Gasteiger partial charge in [-0.2, -0.15) is 0 Å². The molecule has 0 saturated heterocycles. The van der Waals surface area contributed by atoms with Crippen LogP contribution in [0.4, 0.5) is 10.1 Å². The molecule has 0 aromatic heterocycles. The third-order valence-corrected chi connectivity index (χ3v) is 4.51. The molecule has 0 N–H and O–H groups in total. The van der Waals surface area contributed by atoms with Gasteiger partial charge in [0.25, 0.3) is 0 Å². The van der Waals surface area contributed by atoms with Crippen molar-refractivity contribution >= 4 is 23.5 Å². The number of aliphatic imine (C=N–C) groups is 1. The Balaban J connectivity index is 1.77. The minimum absolute atomic E-state index is 0.186. The zero-order valence-corrected chi connectivity index (χ0v) is 16.5. The maximum Gasteiger partial charge on any atom is 0.180 e. The van der Waals surface area contributed by atoms with Crippen molar-refractivity contribution in [1.29, 1.82) is 0 Å². The van der Waals surface area contributed by atoms with Gasteiger partial charge in [0.2, 0.25) is 0 Å². The first kappa shape index (κ1) is 19.9. The van der Waals surface area contributed by atoms with Crippen LogP contribution in [0.15, 0.2) is 65.7 Å². The minimum atomic E-state index is -0.308. The van der Waals surface area contributed by atoms with E-state index in [4.69, 9.17) is 21.1 Å². The molecule has 0 spiro atoms. The lowest BCUT2D eigenvalue weighted by Gasteiger charge is -2.13. The fourth-order valence-electron chi connectivity index (χ4n) is 2.70. The van der Waals surface area contributed by atoms with Crippen LogP contribution in [-0.4, -0.2) is 13.3 Å². The van der Waals surface area contributed by atoms with Crippen LogP contribution in [0, 0.1) is 5.82 Å². The number of halogens is 2. The summed E-state index contributed by atoms with van der Waals surface area (Å²) in [5, 5.41) is 0.401. The number of hydrogen-bond acceptors (Lipinski definition) is 3. The SMILES string of the molecule is CCc1ccc(N=Cc2cc(Cl)c(OCc3cccc(F)c3)c(OC)c2)cc1. The third-order valence-electron chi connectivity index (χ3n) is 4.23. The van der Waals surface area contributed by atoms with Crippen molar-refractivity contribution in [2.75, 3.05) is 7.11 Å². The molecule has 144 valence electrons. The van der Waals surface area contributed by atoms with Gasteiger partial charge in [0.05, 0.1) is 17.8 Å². The Morgan fingerprint density at radius 2 is 1.82 bits per heavy atom. The smallest absolute Gasteiger partial charge is 0.180 e. The second-order valence-electron chi connectivity index (χ2n) is 6.23. The summed E-state index contributed by atoms with van der Waals surface area (Å²) in [6.07, 6.45) is 2.72. The Hall–Kier alpha value is -2.85. The standard InChI is InChI=1S/C23H21ClFNO2/c1-3-16-7-9-20(10-8-16)26-14-18-12-21(24)23(22(13-18)27-2)28-15-17-5-4-6-19(25)11-17/h4-14H,3,15H2,1-2H3. The van der Waals surface area contributed by atoms with Crippen LogP contribution < -0.4 is 9.47 Å². The largest absolute Gasteiger partial charge is 0.493 e. The van der Waals surface area contributed by atoms with Crippen molar-refractivity contribution in [2.24, 2.45) is 4.99 Å². The number of ether oxygens (including phenoxy) is 2. The Labute approximate surface area is 169 Å². The van der Waals surface area contributed by atoms with Gasteiger partial charge in [-0.3, -0.25) is 4.99 Å². The Kier molecular flexibility index (Phi) is 6.66. The summed E-state index contributed by atoms with van der Waals surface area (Å²) in [6, 6.07) is 17.9. The first-order valence-corrected chi connectivity index (χ1v) is 9.34. The van der Waals surface area contributed by atoms with E-state index in [0.29, 0.717) is 22.1 Å². The molecular formula is C23H21ClFNO2. The minimum Gasteiger partial charge on any atom is -0.493 e. The molecule has 0 bridgehead atoms. The lowest BCUT2D eigenvalue weighted by molar-refractivity contribution is 0.284. The van der Waals surface area contributed by atoms with Gasteiger partial charge in [0.1, 0.15) is 12.4 Å². The first-order chi connectivity index (χ1) is 13.6. The zero-order valence-electron chi connectivity index (χ0n) is 15.8. The molecule has 0 aliphatic carbocycles. The summed E-state index contributed by atoms with van der Waals surface area (Å²) in [6.45, 7) is 2.30. The molecule has 3 rings (SSSR count). The topological polar surface area (TPSA) is 30.8 Å². The molecule has 3 aromatic carbocycles. The highest BCUT2D eigenvalue weighted by molar-refractivity contribution is 6.32. The summed E-state index contributed by atoms with van der Waals surface area (Å²) in [5.74, 6) is 0.599. The highest BCUT2D eigenvalue weighted by Gasteiger charge is 2.12.